The summed E-state index contributed by atoms with van der Waals surface area (Å²) in [5, 5.41) is 8.79. The summed E-state index contributed by atoms with van der Waals surface area (Å²) in [6, 6.07) is 2.31. The quantitative estimate of drug-likeness (QED) is 0.802. The zero-order chi connectivity index (χ0) is 14.4. The van der Waals surface area contributed by atoms with E-state index >= 15 is 0 Å². The van der Waals surface area contributed by atoms with E-state index in [1.807, 2.05) is 0 Å². The van der Waals surface area contributed by atoms with Crippen LogP contribution in [0.5, 0.6) is 5.75 Å². The maximum atomic E-state index is 13.5. The number of hydrogen-bond acceptors (Lipinski definition) is 2. The van der Waals surface area contributed by atoms with E-state index in [0.29, 0.717) is 11.6 Å². The van der Waals surface area contributed by atoms with Gasteiger partial charge >= 0.3 is 12.1 Å². The molecule has 3 nitrogen and oxygen atoms in total. The molecule has 0 aliphatic carbocycles. The van der Waals surface area contributed by atoms with E-state index in [4.69, 9.17) is 5.11 Å². The van der Waals surface area contributed by atoms with Crippen molar-refractivity contribution in [2.75, 3.05) is 0 Å². The first kappa shape index (κ1) is 13.4. The topological polar surface area (TPSA) is 46.5 Å². The molecule has 102 valence electrons. The fraction of sp³-hybridized carbons (Fsp3) is 0.250. The third-order valence-electron chi connectivity index (χ3n) is 2.70. The SMILES string of the molecule is Cc1ccc(F)c2c1OC(C(F)(F)F)C(C(=O)O)=C2. The Hall–Kier alpha value is -2.05. The summed E-state index contributed by atoms with van der Waals surface area (Å²) in [7, 11) is 0. The smallest absolute Gasteiger partial charge is 0.430 e. The highest BCUT2D eigenvalue weighted by molar-refractivity contribution is 5.95. The van der Waals surface area contributed by atoms with Gasteiger partial charge in [0.15, 0.2) is 0 Å². The van der Waals surface area contributed by atoms with Crippen LogP contribution < -0.4 is 4.74 Å². The van der Waals surface area contributed by atoms with E-state index in [2.05, 4.69) is 4.74 Å². The molecule has 0 bridgehead atoms. The van der Waals surface area contributed by atoms with Crippen molar-refractivity contribution in [1.82, 2.24) is 0 Å². The number of carboxylic acid groups (broad SMARTS) is 1. The van der Waals surface area contributed by atoms with Crippen molar-refractivity contribution < 1.29 is 32.2 Å². The normalized spacial score (nSPS) is 18.4. The number of aliphatic carboxylic acids is 1. The molecule has 0 amide bonds. The molecule has 1 aliphatic rings. The predicted octanol–water partition coefficient (Wildman–Crippen LogP) is 2.93. The molecular formula is C12H8F4O3. The van der Waals surface area contributed by atoms with Crippen molar-refractivity contribution in [2.45, 2.75) is 19.2 Å². The van der Waals surface area contributed by atoms with Gasteiger partial charge in [-0.2, -0.15) is 13.2 Å². The van der Waals surface area contributed by atoms with Gasteiger partial charge in [-0.15, -0.1) is 0 Å². The van der Waals surface area contributed by atoms with E-state index in [9.17, 15) is 22.4 Å². The summed E-state index contributed by atoms with van der Waals surface area (Å²) < 4.78 is 56.4. The summed E-state index contributed by atoms with van der Waals surface area (Å²) >= 11 is 0. The average molecular weight is 276 g/mol. The fourth-order valence-electron chi connectivity index (χ4n) is 1.80. The van der Waals surface area contributed by atoms with Crippen molar-refractivity contribution >= 4 is 12.0 Å². The van der Waals surface area contributed by atoms with Crippen LogP contribution in [0.3, 0.4) is 0 Å². The number of carboxylic acids is 1. The number of benzene rings is 1. The summed E-state index contributed by atoms with van der Waals surface area (Å²) in [4.78, 5) is 10.8. The number of alkyl halides is 3. The van der Waals surface area contributed by atoms with Gasteiger partial charge in [0.25, 0.3) is 0 Å². The van der Waals surface area contributed by atoms with Crippen LogP contribution in [-0.2, 0) is 4.79 Å². The molecule has 1 N–H and O–H groups in total. The lowest BCUT2D eigenvalue weighted by Crippen LogP contribution is -2.40. The highest BCUT2D eigenvalue weighted by Crippen LogP contribution is 2.39. The maximum absolute atomic E-state index is 13.5. The van der Waals surface area contributed by atoms with Crippen LogP contribution >= 0.6 is 0 Å². The lowest BCUT2D eigenvalue weighted by molar-refractivity contribution is -0.187. The molecule has 0 aromatic heterocycles. The van der Waals surface area contributed by atoms with Gasteiger partial charge in [0.05, 0.1) is 11.1 Å². The van der Waals surface area contributed by atoms with Crippen molar-refractivity contribution in [3.63, 3.8) is 0 Å². The predicted molar refractivity (Wildman–Crippen MR) is 57.2 cm³/mol. The molecule has 1 unspecified atom stereocenters. The fourth-order valence-corrected chi connectivity index (χ4v) is 1.80. The van der Waals surface area contributed by atoms with Crippen molar-refractivity contribution in [1.29, 1.82) is 0 Å². The van der Waals surface area contributed by atoms with Gasteiger partial charge in [-0.05, 0) is 24.6 Å². The minimum atomic E-state index is -4.89. The molecule has 2 rings (SSSR count). The zero-order valence-electron chi connectivity index (χ0n) is 9.58. The summed E-state index contributed by atoms with van der Waals surface area (Å²) in [6.07, 6.45) is -6.82. The third kappa shape index (κ3) is 2.27. The van der Waals surface area contributed by atoms with Crippen LogP contribution in [0.15, 0.2) is 17.7 Å². The average Bonchev–Trinajstić information content (AvgIpc) is 2.31. The highest BCUT2D eigenvalue weighted by atomic mass is 19.4. The molecule has 0 spiro atoms. The first-order chi connectivity index (χ1) is 8.71. The molecular weight excluding hydrogens is 268 g/mol. The minimum Gasteiger partial charge on any atom is -0.478 e. The summed E-state index contributed by atoms with van der Waals surface area (Å²) in [6.45, 7) is 1.45. The Balaban J connectivity index is 2.64. The van der Waals surface area contributed by atoms with Crippen LogP contribution in [0.2, 0.25) is 0 Å². The molecule has 1 atom stereocenters. The molecule has 0 fully saturated rings. The van der Waals surface area contributed by atoms with Crippen molar-refractivity contribution in [3.8, 4) is 5.75 Å². The van der Waals surface area contributed by atoms with E-state index in [-0.39, 0.29) is 11.3 Å². The molecule has 7 heteroatoms. The molecule has 1 aliphatic heterocycles. The maximum Gasteiger partial charge on any atom is 0.430 e. The number of halogens is 4. The molecule has 19 heavy (non-hydrogen) atoms. The Labute approximate surface area is 105 Å². The molecule has 0 radical (unpaired) electrons. The standard InChI is InChI=1S/C12H8F4O3/c1-5-2-3-8(13)6-4-7(11(17)18)10(12(14,15)16)19-9(5)6/h2-4,10H,1H3,(H,17,18). The van der Waals surface area contributed by atoms with Crippen molar-refractivity contribution in [2.24, 2.45) is 0 Å². The van der Waals surface area contributed by atoms with E-state index in [0.717, 1.165) is 6.07 Å². The Morgan fingerprint density at radius 3 is 2.53 bits per heavy atom. The van der Waals surface area contributed by atoms with Gasteiger partial charge in [0.1, 0.15) is 11.6 Å². The third-order valence-corrected chi connectivity index (χ3v) is 2.70. The molecule has 0 saturated heterocycles. The van der Waals surface area contributed by atoms with Crippen LogP contribution in [0.4, 0.5) is 17.6 Å². The van der Waals surface area contributed by atoms with Crippen LogP contribution in [0.1, 0.15) is 11.1 Å². The van der Waals surface area contributed by atoms with Crippen LogP contribution in [0.25, 0.3) is 6.08 Å². The summed E-state index contributed by atoms with van der Waals surface area (Å²) in [5.41, 5.74) is -1.02. The van der Waals surface area contributed by atoms with Crippen LogP contribution in [0, 0.1) is 12.7 Å². The lowest BCUT2D eigenvalue weighted by atomic mass is 9.99. The first-order valence-electron chi connectivity index (χ1n) is 5.19. The Bertz CT molecular complexity index is 575. The monoisotopic (exact) mass is 276 g/mol. The Morgan fingerprint density at radius 2 is 2.00 bits per heavy atom. The van der Waals surface area contributed by atoms with Gasteiger partial charge in [-0.25, -0.2) is 9.18 Å². The van der Waals surface area contributed by atoms with Gasteiger partial charge in [0.2, 0.25) is 6.10 Å². The number of hydrogen-bond donors (Lipinski definition) is 1. The largest absolute Gasteiger partial charge is 0.478 e. The lowest BCUT2D eigenvalue weighted by Gasteiger charge is -2.28. The second-order valence-corrected chi connectivity index (χ2v) is 4.05. The van der Waals surface area contributed by atoms with Gasteiger partial charge in [-0.3, -0.25) is 0 Å². The highest BCUT2D eigenvalue weighted by Gasteiger charge is 2.48. The number of fused-ring (bicyclic) bond motifs is 1. The number of aryl methyl sites for hydroxylation is 1. The number of carbonyl (C=O) groups is 1. The summed E-state index contributed by atoms with van der Waals surface area (Å²) in [5.74, 6) is -2.92. The van der Waals surface area contributed by atoms with E-state index in [1.165, 1.54) is 13.0 Å². The van der Waals surface area contributed by atoms with Gasteiger partial charge < -0.3 is 9.84 Å². The number of ether oxygens (including phenoxy) is 1. The Morgan fingerprint density at radius 1 is 1.37 bits per heavy atom. The first-order valence-corrected chi connectivity index (χ1v) is 5.19. The molecule has 1 aromatic carbocycles. The Kier molecular flexibility index (Phi) is 3.00. The van der Waals surface area contributed by atoms with Crippen molar-refractivity contribution in [3.05, 3.63) is 34.6 Å². The molecule has 0 saturated carbocycles. The van der Waals surface area contributed by atoms with Gasteiger partial charge in [0, 0.05) is 0 Å². The molecule has 1 aromatic rings. The second-order valence-electron chi connectivity index (χ2n) is 4.05. The number of rotatable bonds is 1. The van der Waals surface area contributed by atoms with E-state index < -0.39 is 29.6 Å². The second kappa shape index (κ2) is 4.25. The zero-order valence-corrected chi connectivity index (χ0v) is 9.58. The minimum absolute atomic E-state index is 0.280. The van der Waals surface area contributed by atoms with Gasteiger partial charge in [-0.1, -0.05) is 6.07 Å². The van der Waals surface area contributed by atoms with E-state index in [1.54, 1.807) is 0 Å². The van der Waals surface area contributed by atoms with Crippen LogP contribution in [-0.4, -0.2) is 23.4 Å². The molecule has 1 heterocycles.